The summed E-state index contributed by atoms with van der Waals surface area (Å²) in [5, 5.41) is 7.40. The minimum atomic E-state index is -0.492. The number of benzene rings is 1. The van der Waals surface area contributed by atoms with Crippen LogP contribution in [0.25, 0.3) is 0 Å². The predicted molar refractivity (Wildman–Crippen MR) is 53.1 cm³/mol. The molecular weight excluding hydrogens is 191 g/mol. The Morgan fingerprint density at radius 3 is 2.77 bits per heavy atom. The predicted octanol–water partition coefficient (Wildman–Crippen LogP) is 2.32. The number of nitrogens with two attached hydrogens (primary N) is 1. The van der Waals surface area contributed by atoms with E-state index in [0.717, 1.165) is 5.56 Å². The summed E-state index contributed by atoms with van der Waals surface area (Å²) in [4.78, 5) is 0. The first-order chi connectivity index (χ1) is 6.07. The summed E-state index contributed by atoms with van der Waals surface area (Å²) in [6.07, 6.45) is 0. The topological polar surface area (TPSA) is 49.9 Å². The van der Waals surface area contributed by atoms with Gasteiger partial charge >= 0.3 is 0 Å². The van der Waals surface area contributed by atoms with Crippen LogP contribution in [0.3, 0.4) is 0 Å². The maximum atomic E-state index is 13.2. The molecule has 0 amide bonds. The zero-order valence-corrected chi connectivity index (χ0v) is 7.95. The number of nitrogens with one attached hydrogen (secondary N) is 1. The first-order valence-electron chi connectivity index (χ1n) is 3.76. The third kappa shape index (κ3) is 1.80. The molecule has 1 aromatic carbocycles. The molecule has 3 N–H and O–H groups in total. The molecule has 2 nitrogen and oxygen atoms in total. The lowest BCUT2D eigenvalue weighted by atomic mass is 10.0. The quantitative estimate of drug-likeness (QED) is 0.430. The van der Waals surface area contributed by atoms with Crippen molar-refractivity contribution in [3.8, 4) is 0 Å². The summed E-state index contributed by atoms with van der Waals surface area (Å²) < 4.78 is 13.2. The summed E-state index contributed by atoms with van der Waals surface area (Å²) >= 11 is 5.44. The van der Waals surface area contributed by atoms with E-state index in [4.69, 9.17) is 22.7 Å². The highest BCUT2D eigenvalue weighted by molar-refractivity contribution is 6.31. The van der Waals surface area contributed by atoms with Gasteiger partial charge in [-0.25, -0.2) is 4.39 Å². The fourth-order valence-electron chi connectivity index (χ4n) is 1.07. The van der Waals surface area contributed by atoms with Gasteiger partial charge in [0.25, 0.3) is 0 Å². The zero-order chi connectivity index (χ0) is 10.0. The van der Waals surface area contributed by atoms with Crippen LogP contribution in [0.1, 0.15) is 11.1 Å². The van der Waals surface area contributed by atoms with Gasteiger partial charge in [0, 0.05) is 5.69 Å². The first-order valence-corrected chi connectivity index (χ1v) is 4.29. The highest BCUT2D eigenvalue weighted by atomic mass is 35.5. The molecule has 0 radical (unpaired) electrons. The number of alkyl halides is 1. The number of anilines is 1. The van der Waals surface area contributed by atoms with Crippen LogP contribution in [-0.2, 0) is 0 Å². The molecule has 0 saturated carbocycles. The van der Waals surface area contributed by atoms with Gasteiger partial charge in [-0.1, -0.05) is 6.07 Å². The van der Waals surface area contributed by atoms with Crippen LogP contribution in [0.2, 0.25) is 0 Å². The van der Waals surface area contributed by atoms with E-state index in [2.05, 4.69) is 0 Å². The zero-order valence-electron chi connectivity index (χ0n) is 7.20. The van der Waals surface area contributed by atoms with Crippen molar-refractivity contribution < 1.29 is 4.39 Å². The van der Waals surface area contributed by atoms with Gasteiger partial charge in [-0.05, 0) is 18.6 Å². The van der Waals surface area contributed by atoms with Crippen LogP contribution in [0.5, 0.6) is 0 Å². The molecule has 0 heterocycles. The highest BCUT2D eigenvalue weighted by Gasteiger charge is 2.12. The van der Waals surface area contributed by atoms with E-state index in [1.165, 1.54) is 6.07 Å². The van der Waals surface area contributed by atoms with Gasteiger partial charge in [0.1, 0.15) is 5.82 Å². The summed E-state index contributed by atoms with van der Waals surface area (Å²) in [5.41, 5.74) is 6.81. The van der Waals surface area contributed by atoms with Gasteiger partial charge in [0.05, 0.1) is 17.2 Å². The Balaban J connectivity index is 3.33. The average Bonchev–Trinajstić information content (AvgIpc) is 2.12. The van der Waals surface area contributed by atoms with Crippen LogP contribution in [0.15, 0.2) is 12.1 Å². The third-order valence-electron chi connectivity index (χ3n) is 1.85. The Morgan fingerprint density at radius 2 is 2.23 bits per heavy atom. The molecule has 0 saturated heterocycles. The van der Waals surface area contributed by atoms with Crippen LogP contribution < -0.4 is 5.73 Å². The summed E-state index contributed by atoms with van der Waals surface area (Å²) in [5.74, 6) is -0.529. The molecule has 0 aromatic heterocycles. The lowest BCUT2D eigenvalue weighted by molar-refractivity contribution is 0.625. The Morgan fingerprint density at radius 1 is 1.62 bits per heavy atom. The highest BCUT2D eigenvalue weighted by Crippen LogP contribution is 2.20. The summed E-state index contributed by atoms with van der Waals surface area (Å²) in [7, 11) is 0. The molecule has 0 aliphatic carbocycles. The smallest absolute Gasteiger partial charge is 0.134 e. The van der Waals surface area contributed by atoms with Gasteiger partial charge in [0.15, 0.2) is 0 Å². The molecule has 0 fully saturated rings. The molecule has 4 heteroatoms. The molecule has 0 aliphatic heterocycles. The maximum absolute atomic E-state index is 13.2. The van der Waals surface area contributed by atoms with Crippen molar-refractivity contribution in [2.75, 3.05) is 11.6 Å². The van der Waals surface area contributed by atoms with Gasteiger partial charge in [-0.3, -0.25) is 0 Å². The van der Waals surface area contributed by atoms with Gasteiger partial charge in [-0.2, -0.15) is 0 Å². The Labute approximate surface area is 81.0 Å². The number of hydrogen-bond donors (Lipinski definition) is 2. The van der Waals surface area contributed by atoms with Crippen molar-refractivity contribution in [2.24, 2.45) is 0 Å². The van der Waals surface area contributed by atoms with Crippen LogP contribution in [-0.4, -0.2) is 11.6 Å². The summed E-state index contributed by atoms with van der Waals surface area (Å²) in [6, 6.07) is 2.87. The molecule has 13 heavy (non-hydrogen) atoms. The van der Waals surface area contributed by atoms with E-state index in [1.54, 1.807) is 13.0 Å². The third-order valence-corrected chi connectivity index (χ3v) is 2.12. The van der Waals surface area contributed by atoms with Crippen LogP contribution >= 0.6 is 11.6 Å². The minimum Gasteiger partial charge on any atom is -0.398 e. The number of hydrogen-bond acceptors (Lipinski definition) is 2. The largest absolute Gasteiger partial charge is 0.398 e. The molecule has 1 rings (SSSR count). The van der Waals surface area contributed by atoms with Crippen molar-refractivity contribution in [1.82, 2.24) is 0 Å². The molecule has 0 bridgehead atoms. The van der Waals surface area contributed by atoms with Crippen molar-refractivity contribution in [3.63, 3.8) is 0 Å². The second-order valence-electron chi connectivity index (χ2n) is 2.77. The van der Waals surface area contributed by atoms with Gasteiger partial charge in [-0.15, -0.1) is 11.6 Å². The fourth-order valence-corrected chi connectivity index (χ4v) is 1.20. The van der Waals surface area contributed by atoms with Crippen molar-refractivity contribution >= 4 is 23.0 Å². The van der Waals surface area contributed by atoms with Crippen LogP contribution in [0.4, 0.5) is 10.1 Å². The number of halogens is 2. The van der Waals surface area contributed by atoms with E-state index in [0.29, 0.717) is 5.69 Å². The second kappa shape index (κ2) is 3.75. The molecule has 70 valence electrons. The fraction of sp³-hybridized carbons (Fsp3) is 0.222. The molecule has 0 aliphatic rings. The number of rotatable bonds is 2. The van der Waals surface area contributed by atoms with Crippen molar-refractivity contribution in [1.29, 1.82) is 5.41 Å². The number of nitrogen functional groups attached to an aromatic ring is 1. The van der Waals surface area contributed by atoms with E-state index >= 15 is 0 Å². The SMILES string of the molecule is Cc1ccc(F)c(C(=N)CCl)c1N. The Hall–Kier alpha value is -1.09. The standard InChI is InChI=1S/C9H10ClFN2/c1-5-2-3-6(11)8(9(5)13)7(12)4-10/h2-3,12H,4,13H2,1H3. The lowest BCUT2D eigenvalue weighted by Crippen LogP contribution is -2.09. The van der Waals surface area contributed by atoms with E-state index in [-0.39, 0.29) is 17.2 Å². The average molecular weight is 201 g/mol. The van der Waals surface area contributed by atoms with E-state index < -0.39 is 5.82 Å². The molecule has 0 atom stereocenters. The van der Waals surface area contributed by atoms with E-state index in [1.807, 2.05) is 0 Å². The van der Waals surface area contributed by atoms with Gasteiger partial charge < -0.3 is 11.1 Å². The number of aryl methyl sites for hydroxylation is 1. The maximum Gasteiger partial charge on any atom is 0.134 e. The molecule has 1 aromatic rings. The monoisotopic (exact) mass is 200 g/mol. The Bertz CT molecular complexity index is 350. The Kier molecular flexibility index (Phi) is 2.88. The lowest BCUT2D eigenvalue weighted by Gasteiger charge is -2.08. The van der Waals surface area contributed by atoms with E-state index in [9.17, 15) is 4.39 Å². The van der Waals surface area contributed by atoms with Gasteiger partial charge in [0.2, 0.25) is 0 Å². The summed E-state index contributed by atoms with van der Waals surface area (Å²) in [6.45, 7) is 1.76. The molecule has 0 spiro atoms. The first kappa shape index (κ1) is 9.99. The molecule has 0 unspecified atom stereocenters. The normalized spacial score (nSPS) is 10.1. The minimum absolute atomic E-state index is 0.0142. The second-order valence-corrected chi connectivity index (χ2v) is 3.03. The van der Waals surface area contributed by atoms with Crippen molar-refractivity contribution in [3.05, 3.63) is 29.1 Å². The molecular formula is C9H10ClFN2. The van der Waals surface area contributed by atoms with Crippen molar-refractivity contribution in [2.45, 2.75) is 6.92 Å². The van der Waals surface area contributed by atoms with Crippen LogP contribution in [0, 0.1) is 18.2 Å².